The van der Waals surface area contributed by atoms with E-state index in [2.05, 4.69) is 53.1 Å². The second-order valence-electron chi connectivity index (χ2n) is 6.37. The molecule has 0 aliphatic carbocycles. The molecule has 3 aromatic rings. The first kappa shape index (κ1) is 23.2. The maximum Gasteiger partial charge on any atom is 0.266 e. The molecule has 156 valence electrons. The summed E-state index contributed by atoms with van der Waals surface area (Å²) in [5.41, 5.74) is 1.84. The number of amides is 1. The highest BCUT2D eigenvalue weighted by Crippen LogP contribution is 2.36. The number of nitriles is 1. The Labute approximate surface area is 204 Å². The number of rotatable bonds is 6. The molecule has 0 unspecified atom stereocenters. The summed E-state index contributed by atoms with van der Waals surface area (Å²) >= 11 is 10.2. The lowest BCUT2D eigenvalue weighted by Crippen LogP contribution is -2.13. The van der Waals surface area contributed by atoms with Crippen LogP contribution in [0.15, 0.2) is 79.7 Å². The van der Waals surface area contributed by atoms with Crippen LogP contribution in [0.4, 0.5) is 10.1 Å². The smallest absolute Gasteiger partial charge is 0.266 e. The highest BCUT2D eigenvalue weighted by atomic mass is 79.9. The van der Waals surface area contributed by atoms with Gasteiger partial charge in [-0.15, -0.1) is 0 Å². The third-order valence-electron chi connectivity index (χ3n) is 4.05. The summed E-state index contributed by atoms with van der Waals surface area (Å²) in [5, 5.41) is 12.1. The number of halogens is 4. The molecule has 8 heteroatoms. The zero-order valence-electron chi connectivity index (χ0n) is 15.8. The van der Waals surface area contributed by atoms with Crippen LogP contribution in [0.2, 0.25) is 0 Å². The predicted octanol–water partition coefficient (Wildman–Crippen LogP) is 7.24. The van der Waals surface area contributed by atoms with E-state index < -0.39 is 5.91 Å². The molecular weight excluding hydrogens is 595 g/mol. The van der Waals surface area contributed by atoms with Gasteiger partial charge in [-0.1, -0.05) is 34.1 Å². The molecular formula is C23H14Br3FN2O2. The zero-order chi connectivity index (χ0) is 22.4. The summed E-state index contributed by atoms with van der Waals surface area (Å²) in [6.45, 7) is 0.183. The van der Waals surface area contributed by atoms with Gasteiger partial charge < -0.3 is 10.1 Å². The second-order valence-corrected chi connectivity index (χ2v) is 8.99. The molecule has 1 amide bonds. The Morgan fingerprint density at radius 1 is 1.06 bits per heavy atom. The molecule has 31 heavy (non-hydrogen) atoms. The van der Waals surface area contributed by atoms with Crippen LogP contribution >= 0.6 is 47.8 Å². The number of ether oxygens (including phenoxy) is 1. The molecule has 3 rings (SSSR count). The minimum absolute atomic E-state index is 0.0489. The number of carbonyl (C=O) groups excluding carboxylic acids is 1. The monoisotopic (exact) mass is 606 g/mol. The van der Waals surface area contributed by atoms with Gasteiger partial charge in [-0.2, -0.15) is 5.26 Å². The van der Waals surface area contributed by atoms with Crippen molar-refractivity contribution in [1.82, 2.24) is 0 Å². The SMILES string of the molecule is N#C/C(=C/c1cc(Br)c(OCc2cccc(F)c2)c(Br)c1)C(=O)Nc1cccc(Br)c1. The Morgan fingerprint density at radius 2 is 1.77 bits per heavy atom. The van der Waals surface area contributed by atoms with Crippen LogP contribution in [0, 0.1) is 17.1 Å². The first-order valence-electron chi connectivity index (χ1n) is 8.90. The van der Waals surface area contributed by atoms with Gasteiger partial charge in [0.25, 0.3) is 5.91 Å². The number of nitrogens with one attached hydrogen (secondary N) is 1. The molecule has 1 N–H and O–H groups in total. The number of benzene rings is 3. The summed E-state index contributed by atoms with van der Waals surface area (Å²) in [4.78, 5) is 12.5. The van der Waals surface area contributed by atoms with Gasteiger partial charge in [-0.3, -0.25) is 4.79 Å². The van der Waals surface area contributed by atoms with Crippen LogP contribution in [0.1, 0.15) is 11.1 Å². The molecule has 0 aliphatic rings. The topological polar surface area (TPSA) is 62.1 Å². The van der Waals surface area contributed by atoms with Gasteiger partial charge in [0.2, 0.25) is 0 Å². The Hall–Kier alpha value is -2.47. The summed E-state index contributed by atoms with van der Waals surface area (Å²) in [6.07, 6.45) is 1.49. The molecule has 3 aromatic carbocycles. The number of hydrogen-bond donors (Lipinski definition) is 1. The maximum atomic E-state index is 13.3. The molecule has 0 saturated heterocycles. The van der Waals surface area contributed by atoms with E-state index in [1.54, 1.807) is 42.5 Å². The van der Waals surface area contributed by atoms with Crippen molar-refractivity contribution in [3.63, 3.8) is 0 Å². The predicted molar refractivity (Wildman–Crippen MR) is 129 cm³/mol. The molecule has 0 atom stereocenters. The highest BCUT2D eigenvalue weighted by molar-refractivity contribution is 9.11. The van der Waals surface area contributed by atoms with E-state index in [9.17, 15) is 14.4 Å². The Morgan fingerprint density at radius 3 is 2.42 bits per heavy atom. The van der Waals surface area contributed by atoms with Crippen molar-refractivity contribution in [2.75, 3.05) is 5.32 Å². The number of anilines is 1. The summed E-state index contributed by atoms with van der Waals surface area (Å²) < 4.78 is 21.2. The Bertz CT molecular complexity index is 1180. The highest BCUT2D eigenvalue weighted by Gasteiger charge is 2.13. The van der Waals surface area contributed by atoms with Crippen LogP contribution in [0.25, 0.3) is 6.08 Å². The van der Waals surface area contributed by atoms with E-state index >= 15 is 0 Å². The van der Waals surface area contributed by atoms with Crippen molar-refractivity contribution < 1.29 is 13.9 Å². The molecule has 0 fully saturated rings. The lowest BCUT2D eigenvalue weighted by atomic mass is 10.1. The fourth-order valence-electron chi connectivity index (χ4n) is 2.66. The van der Waals surface area contributed by atoms with Crippen LogP contribution in [0.5, 0.6) is 5.75 Å². The van der Waals surface area contributed by atoms with Crippen molar-refractivity contribution in [3.05, 3.63) is 96.6 Å². The van der Waals surface area contributed by atoms with Crippen LogP contribution in [-0.4, -0.2) is 5.91 Å². The van der Waals surface area contributed by atoms with Gasteiger partial charge in [0, 0.05) is 10.2 Å². The van der Waals surface area contributed by atoms with Crippen molar-refractivity contribution in [2.45, 2.75) is 6.61 Å². The van der Waals surface area contributed by atoms with E-state index in [1.807, 2.05) is 12.1 Å². The second kappa shape index (κ2) is 10.7. The summed E-state index contributed by atoms with van der Waals surface area (Å²) in [7, 11) is 0. The third kappa shape index (κ3) is 6.50. The molecule has 0 saturated carbocycles. The van der Waals surface area contributed by atoms with E-state index in [-0.39, 0.29) is 18.0 Å². The zero-order valence-corrected chi connectivity index (χ0v) is 20.6. The first-order chi connectivity index (χ1) is 14.9. The molecule has 0 spiro atoms. The normalized spacial score (nSPS) is 11.0. The fourth-order valence-corrected chi connectivity index (χ4v) is 4.51. The maximum absolute atomic E-state index is 13.3. The van der Waals surface area contributed by atoms with Crippen LogP contribution in [0.3, 0.4) is 0 Å². The van der Waals surface area contributed by atoms with Crippen molar-refractivity contribution in [1.29, 1.82) is 5.26 Å². The van der Waals surface area contributed by atoms with Crippen LogP contribution in [-0.2, 0) is 11.4 Å². The summed E-state index contributed by atoms with van der Waals surface area (Å²) in [6, 6.07) is 18.7. The van der Waals surface area contributed by atoms with Gasteiger partial charge >= 0.3 is 0 Å². The minimum Gasteiger partial charge on any atom is -0.487 e. The van der Waals surface area contributed by atoms with Crippen molar-refractivity contribution in [3.8, 4) is 11.8 Å². The quantitative estimate of drug-likeness (QED) is 0.237. The average Bonchev–Trinajstić information content (AvgIpc) is 2.71. The molecule has 0 heterocycles. The average molecular weight is 609 g/mol. The minimum atomic E-state index is -0.515. The molecule has 4 nitrogen and oxygen atoms in total. The lowest BCUT2D eigenvalue weighted by molar-refractivity contribution is -0.112. The number of nitrogens with zero attached hydrogens (tertiary/aromatic N) is 1. The van der Waals surface area contributed by atoms with Gasteiger partial charge in [0.15, 0.2) is 0 Å². The molecule has 0 bridgehead atoms. The van der Waals surface area contributed by atoms with Gasteiger partial charge in [-0.25, -0.2) is 4.39 Å². The van der Waals surface area contributed by atoms with E-state index in [1.165, 1.54) is 18.2 Å². The lowest BCUT2D eigenvalue weighted by Gasteiger charge is -2.12. The van der Waals surface area contributed by atoms with Gasteiger partial charge in [0.1, 0.15) is 29.8 Å². The largest absolute Gasteiger partial charge is 0.487 e. The molecule has 0 radical (unpaired) electrons. The summed E-state index contributed by atoms with van der Waals surface area (Å²) in [5.74, 6) is -0.317. The standard InChI is InChI=1S/C23H14Br3FN2O2/c24-17-4-2-6-19(11-17)29-23(30)16(12-28)7-15-9-20(25)22(21(26)10-15)31-13-14-3-1-5-18(27)8-14/h1-11H,13H2,(H,29,30)/b16-7-. The molecule has 0 aliphatic heterocycles. The Balaban J connectivity index is 1.77. The number of hydrogen-bond acceptors (Lipinski definition) is 3. The van der Waals surface area contributed by atoms with Crippen molar-refractivity contribution >= 4 is 65.5 Å². The van der Waals surface area contributed by atoms with Gasteiger partial charge in [0.05, 0.1) is 8.95 Å². The van der Waals surface area contributed by atoms with Crippen LogP contribution < -0.4 is 10.1 Å². The fraction of sp³-hybridized carbons (Fsp3) is 0.0435. The van der Waals surface area contributed by atoms with Crippen molar-refractivity contribution in [2.24, 2.45) is 0 Å². The third-order valence-corrected chi connectivity index (χ3v) is 5.72. The van der Waals surface area contributed by atoms with E-state index in [0.29, 0.717) is 31.5 Å². The Kier molecular flexibility index (Phi) is 8.02. The van der Waals surface area contributed by atoms with Gasteiger partial charge in [-0.05, 0) is 91.5 Å². The molecule has 0 aromatic heterocycles. The van der Waals surface area contributed by atoms with E-state index in [0.717, 1.165) is 4.47 Å². The number of carbonyl (C=O) groups is 1. The van der Waals surface area contributed by atoms with E-state index in [4.69, 9.17) is 4.74 Å². The first-order valence-corrected chi connectivity index (χ1v) is 11.3.